The van der Waals surface area contributed by atoms with Gasteiger partial charge in [0.1, 0.15) is 28.7 Å². The summed E-state index contributed by atoms with van der Waals surface area (Å²) in [5.41, 5.74) is 12.3. The lowest BCUT2D eigenvalue weighted by molar-refractivity contribution is -0.254. The summed E-state index contributed by atoms with van der Waals surface area (Å²) in [5.74, 6) is 2.57. The molecule has 0 saturated heterocycles. The highest BCUT2D eigenvalue weighted by atomic mass is 16.5. The Hall–Kier alpha value is -4.09. The summed E-state index contributed by atoms with van der Waals surface area (Å²) in [4.78, 5) is 12.8. The lowest BCUT2D eigenvalue weighted by Gasteiger charge is -2.08. The number of carbonyl (C=O) groups is 1. The molecule has 0 aromatic heterocycles. The first-order chi connectivity index (χ1) is 14.6. The summed E-state index contributed by atoms with van der Waals surface area (Å²) in [5, 5.41) is 0. The summed E-state index contributed by atoms with van der Waals surface area (Å²) in [6.45, 7) is 0. The zero-order chi connectivity index (χ0) is 20.9. The van der Waals surface area contributed by atoms with Crippen LogP contribution in [0.25, 0.3) is 0 Å². The molecule has 0 saturated carbocycles. The number of nitrogens with two attached hydrogens (primary N) is 1. The predicted octanol–water partition coefficient (Wildman–Crippen LogP) is 4.96. The molecule has 0 aliphatic heterocycles. The van der Waals surface area contributed by atoms with Gasteiger partial charge in [-0.3, -0.25) is 4.79 Å². The van der Waals surface area contributed by atoms with E-state index in [1.165, 1.54) is 0 Å². The molecule has 0 aliphatic carbocycles. The number of nitrogen functional groups attached to an aromatic ring is 1. The van der Waals surface area contributed by atoms with Gasteiger partial charge in [-0.05, 0) is 72.8 Å². The Bertz CT molecular complexity index is 1080. The maximum absolute atomic E-state index is 12.8. The van der Waals surface area contributed by atoms with Crippen LogP contribution in [0.5, 0.6) is 23.0 Å². The van der Waals surface area contributed by atoms with E-state index in [0.717, 1.165) is 5.69 Å². The van der Waals surface area contributed by atoms with Crippen LogP contribution in [0.2, 0.25) is 0 Å². The molecule has 5 heteroatoms. The maximum atomic E-state index is 12.8. The lowest BCUT2D eigenvalue weighted by Crippen LogP contribution is -2.39. The van der Waals surface area contributed by atoms with Crippen LogP contribution in [0.15, 0.2) is 97.1 Å². The Morgan fingerprint density at radius 2 is 1.13 bits per heavy atom. The molecular formula is C25H21N2O3+. The van der Waals surface area contributed by atoms with Crippen molar-refractivity contribution >= 4 is 17.2 Å². The van der Waals surface area contributed by atoms with E-state index in [-0.39, 0.29) is 5.78 Å². The largest absolute Gasteiger partial charge is 0.457 e. The van der Waals surface area contributed by atoms with Crippen molar-refractivity contribution in [2.75, 3.05) is 5.73 Å². The lowest BCUT2D eigenvalue weighted by atomic mass is 10.0. The fraction of sp³-hybridized carbons (Fsp3) is 0. The monoisotopic (exact) mass is 397 g/mol. The minimum atomic E-state index is -0.0724. The summed E-state index contributed by atoms with van der Waals surface area (Å²) >= 11 is 0. The van der Waals surface area contributed by atoms with Crippen molar-refractivity contribution in [2.45, 2.75) is 0 Å². The molecule has 4 rings (SSSR count). The van der Waals surface area contributed by atoms with Gasteiger partial charge in [0.05, 0.1) is 0 Å². The minimum absolute atomic E-state index is 0.0724. The van der Waals surface area contributed by atoms with Crippen LogP contribution >= 0.6 is 0 Å². The Morgan fingerprint density at radius 1 is 0.633 bits per heavy atom. The van der Waals surface area contributed by atoms with Crippen LogP contribution in [0.1, 0.15) is 15.9 Å². The van der Waals surface area contributed by atoms with Crippen LogP contribution in [0, 0.1) is 0 Å². The third-order valence-electron chi connectivity index (χ3n) is 4.46. The molecule has 148 valence electrons. The summed E-state index contributed by atoms with van der Waals surface area (Å²) in [6, 6.07) is 28.8. The highest BCUT2D eigenvalue weighted by Gasteiger charge is 2.10. The second-order valence-corrected chi connectivity index (χ2v) is 6.80. The first kappa shape index (κ1) is 19.2. The minimum Gasteiger partial charge on any atom is -0.457 e. The molecule has 30 heavy (non-hydrogen) atoms. The zero-order valence-corrected chi connectivity index (χ0v) is 16.2. The smallest absolute Gasteiger partial charge is 0.193 e. The molecule has 5 N–H and O–H groups in total. The van der Waals surface area contributed by atoms with E-state index in [4.69, 9.17) is 15.2 Å². The first-order valence-corrected chi connectivity index (χ1v) is 9.45. The molecule has 0 heterocycles. The van der Waals surface area contributed by atoms with Crippen LogP contribution in [-0.2, 0) is 0 Å². The predicted molar refractivity (Wildman–Crippen MR) is 116 cm³/mol. The normalized spacial score (nSPS) is 10.4. The molecule has 0 fully saturated rings. The molecule has 4 aromatic carbocycles. The molecule has 0 radical (unpaired) electrons. The van der Waals surface area contributed by atoms with E-state index in [9.17, 15) is 4.79 Å². The molecule has 0 amide bonds. The Balaban J connectivity index is 1.43. The Morgan fingerprint density at radius 3 is 1.63 bits per heavy atom. The molecule has 0 unspecified atom stereocenters. The molecule has 4 aromatic rings. The van der Waals surface area contributed by atoms with Gasteiger partial charge in [0.2, 0.25) is 0 Å². The van der Waals surface area contributed by atoms with Crippen LogP contribution in [0.4, 0.5) is 11.4 Å². The quantitative estimate of drug-likeness (QED) is 0.356. The van der Waals surface area contributed by atoms with E-state index in [1.807, 2.05) is 36.4 Å². The van der Waals surface area contributed by atoms with Crippen LogP contribution < -0.4 is 20.9 Å². The Kier molecular flexibility index (Phi) is 5.46. The number of quaternary nitrogens is 1. The van der Waals surface area contributed by atoms with Gasteiger partial charge in [0.15, 0.2) is 5.78 Å². The van der Waals surface area contributed by atoms with E-state index < -0.39 is 0 Å². The third-order valence-corrected chi connectivity index (χ3v) is 4.46. The summed E-state index contributed by atoms with van der Waals surface area (Å²) in [6.07, 6.45) is 0. The number of carbonyl (C=O) groups excluding carboxylic acids is 1. The second-order valence-electron chi connectivity index (χ2n) is 6.80. The van der Waals surface area contributed by atoms with E-state index in [2.05, 4.69) is 5.73 Å². The van der Waals surface area contributed by atoms with Gasteiger partial charge in [-0.15, -0.1) is 0 Å². The molecule has 5 nitrogen and oxygen atoms in total. The third kappa shape index (κ3) is 4.66. The van der Waals surface area contributed by atoms with Crippen molar-refractivity contribution in [3.8, 4) is 23.0 Å². The molecule has 0 atom stereocenters. The first-order valence-electron chi connectivity index (χ1n) is 9.45. The number of rotatable bonds is 6. The molecule has 0 spiro atoms. The molecule has 0 bridgehead atoms. The van der Waals surface area contributed by atoms with E-state index in [0.29, 0.717) is 39.8 Å². The number of ketones is 1. The molecule has 0 aliphatic rings. The number of benzene rings is 4. The van der Waals surface area contributed by atoms with Gasteiger partial charge < -0.3 is 20.9 Å². The van der Waals surface area contributed by atoms with Gasteiger partial charge >= 0.3 is 0 Å². The van der Waals surface area contributed by atoms with E-state index >= 15 is 0 Å². The fourth-order valence-electron chi connectivity index (χ4n) is 2.97. The number of hydrogen-bond acceptors (Lipinski definition) is 4. The average molecular weight is 397 g/mol. The summed E-state index contributed by atoms with van der Waals surface area (Å²) in [7, 11) is 0. The second kappa shape index (κ2) is 8.51. The summed E-state index contributed by atoms with van der Waals surface area (Å²) < 4.78 is 11.6. The molecular weight excluding hydrogens is 376 g/mol. The van der Waals surface area contributed by atoms with Crippen molar-refractivity contribution in [3.63, 3.8) is 0 Å². The van der Waals surface area contributed by atoms with Gasteiger partial charge in [-0.2, -0.15) is 0 Å². The average Bonchev–Trinajstić information content (AvgIpc) is 2.74. The highest BCUT2D eigenvalue weighted by Crippen LogP contribution is 2.26. The number of anilines is 1. The van der Waals surface area contributed by atoms with Crippen molar-refractivity contribution in [2.24, 2.45) is 0 Å². The number of ether oxygens (including phenoxy) is 2. The highest BCUT2D eigenvalue weighted by molar-refractivity contribution is 6.09. The maximum Gasteiger partial charge on any atom is 0.193 e. The van der Waals surface area contributed by atoms with Crippen molar-refractivity contribution in [1.29, 1.82) is 0 Å². The van der Waals surface area contributed by atoms with Crippen LogP contribution in [0.3, 0.4) is 0 Å². The fourth-order valence-corrected chi connectivity index (χ4v) is 2.97. The Labute approximate surface area is 174 Å². The number of hydrogen-bond donors (Lipinski definition) is 2. The zero-order valence-electron chi connectivity index (χ0n) is 16.2. The van der Waals surface area contributed by atoms with Crippen molar-refractivity contribution in [1.82, 2.24) is 0 Å². The topological polar surface area (TPSA) is 89.2 Å². The van der Waals surface area contributed by atoms with Gasteiger partial charge in [-0.1, -0.05) is 12.1 Å². The SMILES string of the molecule is Nc1cccc(Oc2ccc(C(=O)c3ccc(Oc4cccc([NH3+])c4)cc3)cc2)c1. The van der Waals surface area contributed by atoms with E-state index in [1.54, 1.807) is 60.7 Å². The van der Waals surface area contributed by atoms with Crippen LogP contribution in [-0.4, -0.2) is 5.78 Å². The van der Waals surface area contributed by atoms with Gasteiger partial charge in [0.25, 0.3) is 0 Å². The van der Waals surface area contributed by atoms with Crippen molar-refractivity contribution in [3.05, 3.63) is 108 Å². The van der Waals surface area contributed by atoms with Gasteiger partial charge in [-0.25, -0.2) is 0 Å². The van der Waals surface area contributed by atoms with Crippen molar-refractivity contribution < 1.29 is 20.0 Å². The van der Waals surface area contributed by atoms with Gasteiger partial charge in [0, 0.05) is 28.9 Å². The standard InChI is InChI=1S/C25H20N2O3/c26-19-3-1-5-23(15-19)29-21-11-7-17(8-12-21)25(28)18-9-13-22(14-10-18)30-24-6-2-4-20(27)16-24/h1-16H,26-27H2/p+1.